The fourth-order valence-corrected chi connectivity index (χ4v) is 3.59. The topological polar surface area (TPSA) is 107 Å². The van der Waals surface area contributed by atoms with Gasteiger partial charge < -0.3 is 14.4 Å². The van der Waals surface area contributed by atoms with E-state index in [-0.39, 0.29) is 23.3 Å². The molecule has 27 heavy (non-hydrogen) atoms. The van der Waals surface area contributed by atoms with Crippen LogP contribution in [-0.2, 0) is 27.7 Å². The molecule has 0 saturated carbocycles. The number of sulfonamides is 1. The first-order chi connectivity index (χ1) is 13.0. The van der Waals surface area contributed by atoms with Gasteiger partial charge in [-0.05, 0) is 24.1 Å². The summed E-state index contributed by atoms with van der Waals surface area (Å²) in [5.74, 6) is 0.740. The van der Waals surface area contributed by atoms with Crippen LogP contribution in [-0.4, -0.2) is 56.8 Å². The fourth-order valence-electron chi connectivity index (χ4n) is 2.61. The van der Waals surface area contributed by atoms with Gasteiger partial charge in [0.05, 0.1) is 31.8 Å². The summed E-state index contributed by atoms with van der Waals surface area (Å²) in [6.07, 6.45) is 0.850. The zero-order valence-corrected chi connectivity index (χ0v) is 16.2. The van der Waals surface area contributed by atoms with E-state index in [0.717, 1.165) is 12.0 Å². The molecule has 0 unspecified atom stereocenters. The normalized spacial score (nSPS) is 15.0. The maximum absolute atomic E-state index is 12.5. The third-order valence-electron chi connectivity index (χ3n) is 4.19. The first kappa shape index (κ1) is 19.5. The Balaban J connectivity index is 1.75. The van der Waals surface area contributed by atoms with Crippen molar-refractivity contribution in [3.63, 3.8) is 0 Å². The summed E-state index contributed by atoms with van der Waals surface area (Å²) in [6, 6.07) is 6.93. The number of benzene rings is 1. The van der Waals surface area contributed by atoms with Crippen molar-refractivity contribution in [3.8, 4) is 6.01 Å². The van der Waals surface area contributed by atoms with Crippen molar-refractivity contribution < 1.29 is 17.9 Å². The number of rotatable bonds is 7. The lowest BCUT2D eigenvalue weighted by Crippen LogP contribution is -2.37. The van der Waals surface area contributed by atoms with Crippen LogP contribution in [0.4, 0.5) is 5.95 Å². The quantitative estimate of drug-likeness (QED) is 0.735. The molecule has 10 heteroatoms. The number of hydrogen-bond acceptors (Lipinski definition) is 8. The molecule has 9 nitrogen and oxygen atoms in total. The van der Waals surface area contributed by atoms with E-state index in [1.807, 2.05) is 11.8 Å². The minimum Gasteiger partial charge on any atom is -0.467 e. The van der Waals surface area contributed by atoms with E-state index in [2.05, 4.69) is 19.7 Å². The van der Waals surface area contributed by atoms with Crippen LogP contribution in [0.5, 0.6) is 6.01 Å². The Morgan fingerprint density at radius 1 is 1.15 bits per heavy atom. The number of ether oxygens (including phenoxy) is 2. The van der Waals surface area contributed by atoms with E-state index in [4.69, 9.17) is 9.47 Å². The molecule has 1 aliphatic rings. The summed E-state index contributed by atoms with van der Waals surface area (Å²) < 4.78 is 38.0. The Kier molecular flexibility index (Phi) is 6.19. The van der Waals surface area contributed by atoms with Crippen molar-refractivity contribution in [1.82, 2.24) is 19.7 Å². The van der Waals surface area contributed by atoms with Gasteiger partial charge >= 0.3 is 6.01 Å². The predicted molar refractivity (Wildman–Crippen MR) is 99.3 cm³/mol. The molecule has 2 heterocycles. The van der Waals surface area contributed by atoms with E-state index in [9.17, 15) is 8.42 Å². The molecule has 3 rings (SSSR count). The summed E-state index contributed by atoms with van der Waals surface area (Å²) in [5, 5.41) is 0. The average molecular weight is 393 g/mol. The highest BCUT2D eigenvalue weighted by Crippen LogP contribution is 2.15. The van der Waals surface area contributed by atoms with Crippen molar-refractivity contribution in [1.29, 1.82) is 0 Å². The van der Waals surface area contributed by atoms with E-state index in [1.54, 1.807) is 24.3 Å². The van der Waals surface area contributed by atoms with Crippen molar-refractivity contribution in [2.45, 2.75) is 24.8 Å². The molecule has 1 N–H and O–H groups in total. The lowest BCUT2D eigenvalue weighted by molar-refractivity contribution is 0.122. The van der Waals surface area contributed by atoms with Gasteiger partial charge in [-0.1, -0.05) is 19.1 Å². The summed E-state index contributed by atoms with van der Waals surface area (Å²) in [5.41, 5.74) is 1.08. The highest BCUT2D eigenvalue weighted by molar-refractivity contribution is 7.89. The molecule has 1 aliphatic heterocycles. The van der Waals surface area contributed by atoms with Gasteiger partial charge in [0.2, 0.25) is 16.0 Å². The molecule has 0 atom stereocenters. The summed E-state index contributed by atoms with van der Waals surface area (Å²) >= 11 is 0. The number of nitrogens with one attached hydrogen (secondary N) is 1. The molecule has 1 fully saturated rings. The highest BCUT2D eigenvalue weighted by Gasteiger charge is 2.19. The van der Waals surface area contributed by atoms with Crippen LogP contribution in [0.2, 0.25) is 0 Å². The molecule has 0 bridgehead atoms. The number of hydrogen-bond donors (Lipinski definition) is 1. The number of morpholine rings is 1. The minimum atomic E-state index is -3.67. The van der Waals surface area contributed by atoms with Gasteiger partial charge in [-0.15, -0.1) is 0 Å². The number of nitrogens with zero attached hydrogens (tertiary/aromatic N) is 4. The van der Waals surface area contributed by atoms with Gasteiger partial charge in [0.1, 0.15) is 0 Å². The summed E-state index contributed by atoms with van der Waals surface area (Å²) in [4.78, 5) is 14.9. The monoisotopic (exact) mass is 393 g/mol. The first-order valence-electron chi connectivity index (χ1n) is 8.72. The van der Waals surface area contributed by atoms with Gasteiger partial charge in [0.15, 0.2) is 5.82 Å². The fraction of sp³-hybridized carbons (Fsp3) is 0.471. The van der Waals surface area contributed by atoms with Crippen LogP contribution in [0.15, 0.2) is 29.2 Å². The molecule has 0 amide bonds. The van der Waals surface area contributed by atoms with Gasteiger partial charge in [-0.2, -0.15) is 15.0 Å². The molecule has 1 aromatic carbocycles. The smallest absolute Gasteiger partial charge is 0.321 e. The largest absolute Gasteiger partial charge is 0.467 e. The third kappa shape index (κ3) is 4.90. The van der Waals surface area contributed by atoms with Gasteiger partial charge in [-0.3, -0.25) is 0 Å². The molecular weight excluding hydrogens is 370 g/mol. The molecule has 0 radical (unpaired) electrons. The Hall–Kier alpha value is -2.30. The van der Waals surface area contributed by atoms with Gasteiger partial charge in [0.25, 0.3) is 0 Å². The van der Waals surface area contributed by atoms with Crippen molar-refractivity contribution in [3.05, 3.63) is 35.7 Å². The van der Waals surface area contributed by atoms with Crippen LogP contribution in [0, 0.1) is 0 Å². The second-order valence-corrected chi connectivity index (χ2v) is 7.73. The Bertz CT molecular complexity index is 867. The molecule has 1 aromatic heterocycles. The standard InChI is InChI=1S/C17H23N5O4S/c1-3-13-4-6-14(7-5-13)27(23,24)18-12-15-19-16(21-17(20-15)25-2)22-8-10-26-11-9-22/h4-7,18H,3,8-12H2,1-2H3. The number of methoxy groups -OCH3 is 1. The molecule has 0 spiro atoms. The molecule has 1 saturated heterocycles. The van der Waals surface area contributed by atoms with Crippen molar-refractivity contribution in [2.24, 2.45) is 0 Å². The Labute approximate surface area is 158 Å². The Morgan fingerprint density at radius 2 is 1.85 bits per heavy atom. The molecule has 2 aromatic rings. The van der Waals surface area contributed by atoms with Crippen LogP contribution in [0.25, 0.3) is 0 Å². The van der Waals surface area contributed by atoms with Crippen LogP contribution in [0.3, 0.4) is 0 Å². The van der Waals surface area contributed by atoms with Gasteiger partial charge in [-0.25, -0.2) is 13.1 Å². The minimum absolute atomic E-state index is 0.0614. The second kappa shape index (κ2) is 8.59. The average Bonchev–Trinajstić information content (AvgIpc) is 2.72. The van der Waals surface area contributed by atoms with Crippen LogP contribution >= 0.6 is 0 Å². The maximum Gasteiger partial charge on any atom is 0.321 e. The molecule has 146 valence electrons. The zero-order valence-electron chi connectivity index (χ0n) is 15.4. The molecular formula is C17H23N5O4S. The predicted octanol–water partition coefficient (Wildman–Crippen LogP) is 0.758. The number of anilines is 1. The van der Waals surface area contributed by atoms with E-state index in [1.165, 1.54) is 7.11 Å². The number of aryl methyl sites for hydroxylation is 1. The van der Waals surface area contributed by atoms with Crippen LogP contribution < -0.4 is 14.4 Å². The van der Waals surface area contributed by atoms with Crippen LogP contribution in [0.1, 0.15) is 18.3 Å². The van der Waals surface area contributed by atoms with Crippen molar-refractivity contribution >= 4 is 16.0 Å². The summed E-state index contributed by atoms with van der Waals surface area (Å²) in [6.45, 7) is 4.44. The number of aromatic nitrogens is 3. The lowest BCUT2D eigenvalue weighted by Gasteiger charge is -2.26. The summed E-state index contributed by atoms with van der Waals surface area (Å²) in [7, 11) is -2.21. The SMILES string of the molecule is CCc1ccc(S(=O)(=O)NCc2nc(OC)nc(N3CCOCC3)n2)cc1. The van der Waals surface area contributed by atoms with E-state index < -0.39 is 10.0 Å². The zero-order chi connectivity index (χ0) is 19.3. The second-order valence-electron chi connectivity index (χ2n) is 5.96. The lowest BCUT2D eigenvalue weighted by atomic mass is 10.2. The maximum atomic E-state index is 12.5. The third-order valence-corrected chi connectivity index (χ3v) is 5.61. The van der Waals surface area contributed by atoms with Crippen molar-refractivity contribution in [2.75, 3.05) is 38.3 Å². The molecule has 0 aliphatic carbocycles. The van der Waals surface area contributed by atoms with E-state index in [0.29, 0.717) is 32.3 Å². The van der Waals surface area contributed by atoms with Gasteiger partial charge in [0, 0.05) is 13.1 Å². The van der Waals surface area contributed by atoms with E-state index >= 15 is 0 Å². The highest BCUT2D eigenvalue weighted by atomic mass is 32.2. The Morgan fingerprint density at radius 3 is 2.48 bits per heavy atom. The first-order valence-corrected chi connectivity index (χ1v) is 10.2.